The lowest BCUT2D eigenvalue weighted by atomic mass is 9.89. The van der Waals surface area contributed by atoms with E-state index in [0.717, 1.165) is 12.8 Å². The molecule has 1 aliphatic rings. The van der Waals surface area contributed by atoms with Gasteiger partial charge in [-0.05, 0) is 36.5 Å². The lowest BCUT2D eigenvalue weighted by Gasteiger charge is -2.32. The molecule has 0 atom stereocenters. The molecule has 3 rings (SSSR count). The Balaban J connectivity index is 1.69. The molecule has 1 heterocycles. The summed E-state index contributed by atoms with van der Waals surface area (Å²) in [5.74, 6) is 0.278. The Labute approximate surface area is 140 Å². The van der Waals surface area contributed by atoms with Crippen LogP contribution in [-0.2, 0) is 0 Å². The quantitative estimate of drug-likeness (QED) is 0.533. The Morgan fingerprint density at radius 3 is 2.42 bits per heavy atom. The smallest absolute Gasteiger partial charge is 0.292 e. The number of nitro groups is 1. The second-order valence-electron chi connectivity index (χ2n) is 6.01. The second-order valence-corrected chi connectivity index (χ2v) is 6.01. The Bertz CT molecular complexity index is 753. The van der Waals surface area contributed by atoms with E-state index in [-0.39, 0.29) is 17.3 Å². The standard InChI is InChI=1S/C18H19N3O3/c19-16-7-6-15(12-17(16)21(23)24)18(22)20-10-8-14(9-11-20)13-4-2-1-3-5-13/h1-7,12,14H,8-11,19H2. The van der Waals surface area contributed by atoms with Crippen LogP contribution in [0.4, 0.5) is 11.4 Å². The van der Waals surface area contributed by atoms with Crippen molar-refractivity contribution in [1.29, 1.82) is 0 Å². The number of piperidine rings is 1. The number of benzene rings is 2. The minimum Gasteiger partial charge on any atom is -0.393 e. The van der Waals surface area contributed by atoms with Crippen LogP contribution in [0.25, 0.3) is 0 Å². The van der Waals surface area contributed by atoms with E-state index >= 15 is 0 Å². The largest absolute Gasteiger partial charge is 0.393 e. The fourth-order valence-corrected chi connectivity index (χ4v) is 3.16. The number of anilines is 1. The van der Waals surface area contributed by atoms with Gasteiger partial charge in [0.2, 0.25) is 0 Å². The third kappa shape index (κ3) is 3.22. The van der Waals surface area contributed by atoms with Gasteiger partial charge in [0.05, 0.1) is 4.92 Å². The zero-order chi connectivity index (χ0) is 17.1. The van der Waals surface area contributed by atoms with Crippen molar-refractivity contribution in [3.63, 3.8) is 0 Å². The predicted molar refractivity (Wildman–Crippen MR) is 91.8 cm³/mol. The maximum Gasteiger partial charge on any atom is 0.292 e. The highest BCUT2D eigenvalue weighted by Crippen LogP contribution is 2.29. The molecule has 0 unspecified atom stereocenters. The van der Waals surface area contributed by atoms with Crippen LogP contribution in [0, 0.1) is 10.1 Å². The van der Waals surface area contributed by atoms with Crippen molar-refractivity contribution in [2.24, 2.45) is 0 Å². The molecule has 0 bridgehead atoms. The van der Waals surface area contributed by atoms with Gasteiger partial charge >= 0.3 is 0 Å². The van der Waals surface area contributed by atoms with E-state index in [2.05, 4.69) is 12.1 Å². The van der Waals surface area contributed by atoms with Gasteiger partial charge in [0, 0.05) is 24.7 Å². The number of nitrogen functional groups attached to an aromatic ring is 1. The maximum absolute atomic E-state index is 12.6. The minimum absolute atomic E-state index is 0.0688. The second kappa shape index (κ2) is 6.70. The van der Waals surface area contributed by atoms with E-state index in [1.165, 1.54) is 17.7 Å². The van der Waals surface area contributed by atoms with Crippen molar-refractivity contribution in [2.45, 2.75) is 18.8 Å². The average Bonchev–Trinajstić information content (AvgIpc) is 2.62. The number of nitrogens with two attached hydrogens (primary N) is 1. The van der Waals surface area contributed by atoms with Crippen LogP contribution in [0.3, 0.4) is 0 Å². The molecule has 0 aliphatic carbocycles. The normalized spacial score (nSPS) is 15.2. The predicted octanol–water partition coefficient (Wildman–Crippen LogP) is 3.20. The SMILES string of the molecule is Nc1ccc(C(=O)N2CCC(c3ccccc3)CC2)cc1[N+](=O)[O-]. The summed E-state index contributed by atoms with van der Waals surface area (Å²) in [5.41, 5.74) is 7.04. The highest BCUT2D eigenvalue weighted by molar-refractivity contribution is 5.95. The molecule has 1 saturated heterocycles. The third-order valence-corrected chi connectivity index (χ3v) is 4.53. The van der Waals surface area contributed by atoms with Crippen molar-refractivity contribution >= 4 is 17.3 Å². The van der Waals surface area contributed by atoms with Gasteiger partial charge in [-0.3, -0.25) is 14.9 Å². The third-order valence-electron chi connectivity index (χ3n) is 4.53. The highest BCUT2D eigenvalue weighted by Gasteiger charge is 2.25. The summed E-state index contributed by atoms with van der Waals surface area (Å²) in [6, 6.07) is 14.5. The van der Waals surface area contributed by atoms with Gasteiger partial charge in [0.1, 0.15) is 5.69 Å². The number of nitrogens with zero attached hydrogens (tertiary/aromatic N) is 2. The van der Waals surface area contributed by atoms with Crippen LogP contribution in [0.2, 0.25) is 0 Å². The molecular formula is C18H19N3O3. The first-order valence-electron chi connectivity index (χ1n) is 7.94. The zero-order valence-electron chi connectivity index (χ0n) is 13.2. The number of nitro benzene ring substituents is 1. The van der Waals surface area contributed by atoms with Crippen LogP contribution in [0.1, 0.15) is 34.7 Å². The first-order valence-corrected chi connectivity index (χ1v) is 7.94. The molecule has 124 valence electrons. The number of likely N-dealkylation sites (tertiary alicyclic amines) is 1. The number of amides is 1. The summed E-state index contributed by atoms with van der Waals surface area (Å²) < 4.78 is 0. The Hall–Kier alpha value is -2.89. The highest BCUT2D eigenvalue weighted by atomic mass is 16.6. The van der Waals surface area contributed by atoms with Crippen molar-refractivity contribution < 1.29 is 9.72 Å². The van der Waals surface area contributed by atoms with Crippen molar-refractivity contribution in [3.8, 4) is 0 Å². The lowest BCUT2D eigenvalue weighted by Crippen LogP contribution is -2.37. The average molecular weight is 325 g/mol. The maximum atomic E-state index is 12.6. The minimum atomic E-state index is -0.562. The Morgan fingerprint density at radius 2 is 1.79 bits per heavy atom. The van der Waals surface area contributed by atoms with E-state index in [4.69, 9.17) is 5.73 Å². The van der Waals surface area contributed by atoms with Crippen LogP contribution in [0.5, 0.6) is 0 Å². The van der Waals surface area contributed by atoms with Gasteiger partial charge in [0.15, 0.2) is 0 Å². The van der Waals surface area contributed by atoms with E-state index in [1.54, 1.807) is 11.0 Å². The van der Waals surface area contributed by atoms with Gasteiger partial charge < -0.3 is 10.6 Å². The number of carbonyl (C=O) groups is 1. The molecule has 0 radical (unpaired) electrons. The van der Waals surface area contributed by atoms with Crippen LogP contribution < -0.4 is 5.73 Å². The Morgan fingerprint density at radius 1 is 1.12 bits per heavy atom. The summed E-state index contributed by atoms with van der Waals surface area (Å²) in [6.45, 7) is 1.30. The Kier molecular flexibility index (Phi) is 4.46. The van der Waals surface area contributed by atoms with Gasteiger partial charge in [-0.2, -0.15) is 0 Å². The van der Waals surface area contributed by atoms with Crippen molar-refractivity contribution in [1.82, 2.24) is 4.90 Å². The number of carbonyl (C=O) groups excluding carboxylic acids is 1. The first-order chi connectivity index (χ1) is 11.6. The summed E-state index contributed by atoms with van der Waals surface area (Å²) in [7, 11) is 0. The van der Waals surface area contributed by atoms with E-state index in [0.29, 0.717) is 24.6 Å². The summed E-state index contributed by atoms with van der Waals surface area (Å²) >= 11 is 0. The molecule has 2 aromatic carbocycles. The molecule has 6 nitrogen and oxygen atoms in total. The molecule has 0 spiro atoms. The lowest BCUT2D eigenvalue weighted by molar-refractivity contribution is -0.383. The van der Waals surface area contributed by atoms with Gasteiger partial charge in [-0.1, -0.05) is 30.3 Å². The van der Waals surface area contributed by atoms with Gasteiger partial charge in [-0.15, -0.1) is 0 Å². The van der Waals surface area contributed by atoms with E-state index < -0.39 is 4.92 Å². The van der Waals surface area contributed by atoms with Crippen LogP contribution in [0.15, 0.2) is 48.5 Å². The zero-order valence-corrected chi connectivity index (χ0v) is 13.2. The molecule has 1 fully saturated rings. The fraction of sp³-hybridized carbons (Fsp3) is 0.278. The fourth-order valence-electron chi connectivity index (χ4n) is 3.16. The molecule has 2 aromatic rings. The summed E-state index contributed by atoms with van der Waals surface area (Å²) in [5, 5.41) is 11.0. The van der Waals surface area contributed by atoms with E-state index in [1.807, 2.05) is 18.2 Å². The summed E-state index contributed by atoms with van der Waals surface area (Å²) in [4.78, 5) is 24.8. The van der Waals surface area contributed by atoms with Crippen molar-refractivity contribution in [3.05, 3.63) is 69.8 Å². The topological polar surface area (TPSA) is 89.5 Å². The molecular weight excluding hydrogens is 306 g/mol. The number of hydrogen-bond donors (Lipinski definition) is 1. The van der Waals surface area contributed by atoms with Crippen LogP contribution in [-0.4, -0.2) is 28.8 Å². The molecule has 1 amide bonds. The molecule has 1 aliphatic heterocycles. The monoisotopic (exact) mass is 325 g/mol. The van der Waals surface area contributed by atoms with Crippen molar-refractivity contribution in [2.75, 3.05) is 18.8 Å². The molecule has 24 heavy (non-hydrogen) atoms. The molecule has 6 heteroatoms. The molecule has 2 N–H and O–H groups in total. The first kappa shape index (κ1) is 16.0. The number of hydrogen-bond acceptors (Lipinski definition) is 4. The molecule has 0 aromatic heterocycles. The van der Waals surface area contributed by atoms with E-state index in [9.17, 15) is 14.9 Å². The molecule has 0 saturated carbocycles. The van der Waals surface area contributed by atoms with Crippen LogP contribution >= 0.6 is 0 Å². The summed E-state index contributed by atoms with van der Waals surface area (Å²) in [6.07, 6.45) is 1.79. The van der Waals surface area contributed by atoms with Gasteiger partial charge in [-0.25, -0.2) is 0 Å². The number of rotatable bonds is 3. The van der Waals surface area contributed by atoms with Gasteiger partial charge in [0.25, 0.3) is 11.6 Å².